The van der Waals surface area contributed by atoms with Crippen molar-refractivity contribution in [2.45, 2.75) is 5.92 Å². The molecule has 1 N–H and O–H groups in total. The van der Waals surface area contributed by atoms with Crippen LogP contribution in [-0.2, 0) is 9.53 Å². The molecule has 4 nitrogen and oxygen atoms in total. The molecule has 2 unspecified atom stereocenters. The quantitative estimate of drug-likeness (QED) is 0.833. The normalized spacial score (nSPS) is 24.4. The van der Waals surface area contributed by atoms with Gasteiger partial charge in [0.1, 0.15) is 0 Å². The molecule has 0 aliphatic carbocycles. The molecule has 16 heavy (non-hydrogen) atoms. The molecule has 1 saturated heterocycles. The third kappa shape index (κ3) is 2.25. The van der Waals surface area contributed by atoms with Crippen molar-refractivity contribution in [3.05, 3.63) is 28.5 Å². The molecular weight excluding hydrogens is 272 g/mol. The molecule has 5 heteroatoms. The van der Waals surface area contributed by atoms with Gasteiger partial charge < -0.3 is 10.1 Å². The number of esters is 1. The highest BCUT2D eigenvalue weighted by Crippen LogP contribution is 2.28. The molecule has 1 aromatic rings. The Morgan fingerprint density at radius 2 is 2.38 bits per heavy atom. The first-order chi connectivity index (χ1) is 7.72. The number of nitrogens with one attached hydrogen (secondary N) is 1. The maximum Gasteiger partial charge on any atom is 0.310 e. The van der Waals surface area contributed by atoms with Crippen LogP contribution in [0.2, 0.25) is 0 Å². The Bertz CT molecular complexity index is 380. The molecule has 2 atom stereocenters. The standard InChI is InChI=1S/C11H13BrN2O2/c1-16-11(15)9-6-13-5-8(9)10-3-2-7(12)4-14-10/h2-4,8-9,13H,5-6H2,1H3. The van der Waals surface area contributed by atoms with Gasteiger partial charge in [0.15, 0.2) is 0 Å². The van der Waals surface area contributed by atoms with Gasteiger partial charge >= 0.3 is 5.97 Å². The van der Waals surface area contributed by atoms with Gasteiger partial charge in [-0.2, -0.15) is 0 Å². The van der Waals surface area contributed by atoms with E-state index in [2.05, 4.69) is 26.2 Å². The molecular formula is C11H13BrN2O2. The van der Waals surface area contributed by atoms with Gasteiger partial charge in [-0.05, 0) is 28.1 Å². The minimum absolute atomic E-state index is 0.112. The van der Waals surface area contributed by atoms with Crippen molar-refractivity contribution in [1.82, 2.24) is 10.3 Å². The second kappa shape index (κ2) is 4.93. The molecule has 1 aliphatic rings. The highest BCUT2D eigenvalue weighted by Gasteiger charge is 2.35. The maximum absolute atomic E-state index is 11.6. The third-order valence-corrected chi connectivity index (χ3v) is 3.32. The molecule has 2 heterocycles. The van der Waals surface area contributed by atoms with E-state index < -0.39 is 0 Å². The van der Waals surface area contributed by atoms with Crippen LogP contribution in [0, 0.1) is 5.92 Å². The van der Waals surface area contributed by atoms with Crippen molar-refractivity contribution in [1.29, 1.82) is 0 Å². The van der Waals surface area contributed by atoms with Crippen LogP contribution in [0.3, 0.4) is 0 Å². The number of carbonyl (C=O) groups is 1. The summed E-state index contributed by atoms with van der Waals surface area (Å²) < 4.78 is 5.74. The summed E-state index contributed by atoms with van der Waals surface area (Å²) in [5.74, 6) is -0.182. The molecule has 1 aromatic heterocycles. The summed E-state index contributed by atoms with van der Waals surface area (Å²) in [6, 6.07) is 3.88. The van der Waals surface area contributed by atoms with Gasteiger partial charge in [-0.15, -0.1) is 0 Å². The van der Waals surface area contributed by atoms with Gasteiger partial charge in [0, 0.05) is 35.4 Å². The van der Waals surface area contributed by atoms with E-state index in [0.29, 0.717) is 6.54 Å². The fourth-order valence-corrected chi connectivity index (χ4v) is 2.23. The van der Waals surface area contributed by atoms with E-state index in [-0.39, 0.29) is 17.8 Å². The number of rotatable bonds is 2. The summed E-state index contributed by atoms with van der Waals surface area (Å²) in [4.78, 5) is 15.9. The zero-order valence-corrected chi connectivity index (χ0v) is 10.5. The van der Waals surface area contributed by atoms with E-state index in [1.54, 1.807) is 6.20 Å². The van der Waals surface area contributed by atoms with Crippen LogP contribution in [0.25, 0.3) is 0 Å². The number of ether oxygens (including phenoxy) is 1. The predicted octanol–water partition coefficient (Wildman–Crippen LogP) is 1.32. The zero-order valence-electron chi connectivity index (χ0n) is 8.94. The number of hydrogen-bond acceptors (Lipinski definition) is 4. The monoisotopic (exact) mass is 284 g/mol. The van der Waals surface area contributed by atoms with Crippen LogP contribution >= 0.6 is 15.9 Å². The summed E-state index contributed by atoms with van der Waals surface area (Å²) in [6.07, 6.45) is 1.75. The van der Waals surface area contributed by atoms with Crippen molar-refractivity contribution >= 4 is 21.9 Å². The predicted molar refractivity (Wildman–Crippen MR) is 63.1 cm³/mol. The van der Waals surface area contributed by atoms with Gasteiger partial charge in [-0.1, -0.05) is 0 Å². The number of carbonyl (C=O) groups excluding carboxylic acids is 1. The van der Waals surface area contributed by atoms with Gasteiger partial charge in [-0.25, -0.2) is 0 Å². The van der Waals surface area contributed by atoms with Gasteiger partial charge in [0.2, 0.25) is 0 Å². The third-order valence-electron chi connectivity index (χ3n) is 2.85. The highest BCUT2D eigenvalue weighted by molar-refractivity contribution is 9.10. The Morgan fingerprint density at radius 3 is 3.00 bits per heavy atom. The van der Waals surface area contributed by atoms with Gasteiger partial charge in [0.05, 0.1) is 13.0 Å². The van der Waals surface area contributed by atoms with Crippen molar-refractivity contribution in [2.24, 2.45) is 5.92 Å². The Labute approximate surface area is 103 Å². The van der Waals surface area contributed by atoms with E-state index in [0.717, 1.165) is 16.7 Å². The Morgan fingerprint density at radius 1 is 1.56 bits per heavy atom. The number of hydrogen-bond donors (Lipinski definition) is 1. The van der Waals surface area contributed by atoms with Crippen molar-refractivity contribution in [2.75, 3.05) is 20.2 Å². The molecule has 0 bridgehead atoms. The summed E-state index contributed by atoms with van der Waals surface area (Å²) in [7, 11) is 1.42. The van der Waals surface area contributed by atoms with Crippen LogP contribution in [-0.4, -0.2) is 31.2 Å². The number of halogens is 1. The Balaban J connectivity index is 2.19. The average molecular weight is 285 g/mol. The van der Waals surface area contributed by atoms with Crippen molar-refractivity contribution in [3.63, 3.8) is 0 Å². The number of pyridine rings is 1. The van der Waals surface area contributed by atoms with Crippen LogP contribution < -0.4 is 5.32 Å². The van der Waals surface area contributed by atoms with Crippen molar-refractivity contribution < 1.29 is 9.53 Å². The lowest BCUT2D eigenvalue weighted by molar-refractivity contribution is -0.145. The molecule has 1 aliphatic heterocycles. The molecule has 86 valence electrons. The van der Waals surface area contributed by atoms with Gasteiger partial charge in [0.25, 0.3) is 0 Å². The highest BCUT2D eigenvalue weighted by atomic mass is 79.9. The van der Waals surface area contributed by atoms with Crippen LogP contribution in [0.4, 0.5) is 0 Å². The first-order valence-electron chi connectivity index (χ1n) is 5.12. The Kier molecular flexibility index (Phi) is 3.56. The maximum atomic E-state index is 11.6. The zero-order chi connectivity index (χ0) is 11.5. The molecule has 0 amide bonds. The first kappa shape index (κ1) is 11.5. The summed E-state index contributed by atoms with van der Waals surface area (Å²) >= 11 is 3.34. The van der Waals surface area contributed by atoms with Crippen LogP contribution in [0.15, 0.2) is 22.8 Å². The molecule has 0 saturated carbocycles. The van der Waals surface area contributed by atoms with E-state index >= 15 is 0 Å². The van der Waals surface area contributed by atoms with Crippen molar-refractivity contribution in [3.8, 4) is 0 Å². The lowest BCUT2D eigenvalue weighted by Gasteiger charge is -2.15. The topological polar surface area (TPSA) is 51.2 Å². The largest absolute Gasteiger partial charge is 0.469 e. The van der Waals surface area contributed by atoms with E-state index in [9.17, 15) is 4.79 Å². The summed E-state index contributed by atoms with van der Waals surface area (Å²) in [5, 5.41) is 3.20. The fraction of sp³-hybridized carbons (Fsp3) is 0.455. The first-order valence-corrected chi connectivity index (χ1v) is 5.91. The minimum atomic E-state index is -0.167. The average Bonchev–Trinajstić information content (AvgIpc) is 2.78. The fourth-order valence-electron chi connectivity index (χ4n) is 2.00. The number of aromatic nitrogens is 1. The molecule has 0 aromatic carbocycles. The lowest BCUT2D eigenvalue weighted by atomic mass is 9.92. The van der Waals surface area contributed by atoms with E-state index in [4.69, 9.17) is 4.74 Å². The number of nitrogens with zero attached hydrogens (tertiary/aromatic N) is 1. The van der Waals surface area contributed by atoms with Gasteiger partial charge in [-0.3, -0.25) is 9.78 Å². The Hall–Kier alpha value is -0.940. The molecule has 2 rings (SSSR count). The SMILES string of the molecule is COC(=O)C1CNCC1c1ccc(Br)cn1. The lowest BCUT2D eigenvalue weighted by Crippen LogP contribution is -2.23. The second-order valence-electron chi connectivity index (χ2n) is 3.80. The van der Waals surface area contributed by atoms with Crippen LogP contribution in [0.1, 0.15) is 11.6 Å². The van der Waals surface area contributed by atoms with E-state index in [1.165, 1.54) is 7.11 Å². The van der Waals surface area contributed by atoms with E-state index in [1.807, 2.05) is 12.1 Å². The summed E-state index contributed by atoms with van der Waals surface area (Å²) in [5.41, 5.74) is 0.934. The molecule has 1 fully saturated rings. The molecule has 0 radical (unpaired) electrons. The summed E-state index contributed by atoms with van der Waals surface area (Å²) in [6.45, 7) is 1.43. The minimum Gasteiger partial charge on any atom is -0.469 e. The molecule has 0 spiro atoms. The second-order valence-corrected chi connectivity index (χ2v) is 4.71. The smallest absolute Gasteiger partial charge is 0.310 e. The van der Waals surface area contributed by atoms with Crippen LogP contribution in [0.5, 0.6) is 0 Å². The number of methoxy groups -OCH3 is 1.